The zero-order chi connectivity index (χ0) is 23.3. The van der Waals surface area contributed by atoms with Crippen molar-refractivity contribution in [2.24, 2.45) is 9.98 Å². The lowest BCUT2D eigenvalue weighted by atomic mass is 10.0. The van der Waals surface area contributed by atoms with Crippen molar-refractivity contribution in [1.82, 2.24) is 0 Å². The second-order valence-electron chi connectivity index (χ2n) is 8.22. The second kappa shape index (κ2) is 10.6. The topological polar surface area (TPSA) is 72.3 Å². The molecule has 8 heteroatoms. The standard InChI is InChI=1S/C25H28ClN3O3S/c1-31-20-13-19(14-21(15-20)32-2)27-22(30)16-33-24-23(17-7-9-18(26)10-8-17)28-25(29-24)11-5-3-4-6-12-25/h7-10,13-15H,3-6,11-12,16H2,1-2H3,(H,27,30). The highest BCUT2D eigenvalue weighted by atomic mass is 35.5. The van der Waals surface area contributed by atoms with E-state index in [1.807, 2.05) is 24.3 Å². The number of halogens is 1. The molecule has 2 aliphatic rings. The summed E-state index contributed by atoms with van der Waals surface area (Å²) in [4.78, 5) is 22.9. The van der Waals surface area contributed by atoms with E-state index < -0.39 is 5.66 Å². The molecule has 1 fully saturated rings. The molecule has 33 heavy (non-hydrogen) atoms. The number of methoxy groups -OCH3 is 2. The van der Waals surface area contributed by atoms with Crippen LogP contribution in [0.3, 0.4) is 0 Å². The van der Waals surface area contributed by atoms with E-state index in [1.54, 1.807) is 32.4 Å². The van der Waals surface area contributed by atoms with E-state index in [9.17, 15) is 4.79 Å². The van der Waals surface area contributed by atoms with Gasteiger partial charge in [-0.1, -0.05) is 48.3 Å². The zero-order valence-corrected chi connectivity index (χ0v) is 20.5. The molecular formula is C25H28ClN3O3S. The van der Waals surface area contributed by atoms with Gasteiger partial charge in [-0.3, -0.25) is 9.79 Å². The fourth-order valence-electron chi connectivity index (χ4n) is 4.15. The number of thioether (sulfide) groups is 1. The van der Waals surface area contributed by atoms with Gasteiger partial charge in [0, 0.05) is 34.5 Å². The van der Waals surface area contributed by atoms with Gasteiger partial charge in [0.25, 0.3) is 0 Å². The lowest BCUT2D eigenvalue weighted by Crippen LogP contribution is -2.20. The number of carbonyl (C=O) groups is 1. The number of amides is 1. The first-order valence-electron chi connectivity index (χ1n) is 11.1. The molecule has 1 saturated carbocycles. The molecule has 0 atom stereocenters. The summed E-state index contributed by atoms with van der Waals surface area (Å²) in [6, 6.07) is 13.0. The van der Waals surface area contributed by atoms with E-state index in [2.05, 4.69) is 5.32 Å². The van der Waals surface area contributed by atoms with Crippen LogP contribution < -0.4 is 14.8 Å². The number of nitrogens with zero attached hydrogens (tertiary/aromatic N) is 2. The summed E-state index contributed by atoms with van der Waals surface area (Å²) in [5, 5.41) is 4.42. The molecule has 2 aromatic carbocycles. The first kappa shape index (κ1) is 23.6. The average Bonchev–Trinajstić information content (AvgIpc) is 3.02. The van der Waals surface area contributed by atoms with Gasteiger partial charge >= 0.3 is 0 Å². The van der Waals surface area contributed by atoms with Crippen LogP contribution in [0.1, 0.15) is 44.1 Å². The minimum atomic E-state index is -0.398. The van der Waals surface area contributed by atoms with Crippen LogP contribution in [0.2, 0.25) is 5.02 Å². The van der Waals surface area contributed by atoms with E-state index in [-0.39, 0.29) is 11.7 Å². The lowest BCUT2D eigenvalue weighted by Gasteiger charge is -2.20. The zero-order valence-electron chi connectivity index (χ0n) is 18.9. The van der Waals surface area contributed by atoms with Gasteiger partial charge in [-0.15, -0.1) is 0 Å². The number of hydrogen-bond donors (Lipinski definition) is 1. The molecule has 1 N–H and O–H groups in total. The molecule has 0 bridgehead atoms. The van der Waals surface area contributed by atoms with Crippen LogP contribution in [0.5, 0.6) is 11.5 Å². The molecular weight excluding hydrogens is 458 g/mol. The summed E-state index contributed by atoms with van der Waals surface area (Å²) >= 11 is 7.52. The van der Waals surface area contributed by atoms with Gasteiger partial charge in [-0.05, 0) is 37.8 Å². The van der Waals surface area contributed by atoms with E-state index >= 15 is 0 Å². The van der Waals surface area contributed by atoms with Gasteiger partial charge in [0.1, 0.15) is 16.5 Å². The molecule has 0 radical (unpaired) electrons. The molecule has 1 spiro atoms. The Balaban J connectivity index is 1.50. The Morgan fingerprint density at radius 3 is 2.24 bits per heavy atom. The number of aliphatic imine (C=N–C) groups is 2. The smallest absolute Gasteiger partial charge is 0.234 e. The Morgan fingerprint density at radius 2 is 1.64 bits per heavy atom. The number of hydrogen-bond acceptors (Lipinski definition) is 6. The van der Waals surface area contributed by atoms with Crippen LogP contribution in [0.25, 0.3) is 0 Å². The lowest BCUT2D eigenvalue weighted by molar-refractivity contribution is -0.113. The van der Waals surface area contributed by atoms with Crippen LogP contribution >= 0.6 is 23.4 Å². The summed E-state index contributed by atoms with van der Waals surface area (Å²) in [6.07, 6.45) is 6.58. The van der Waals surface area contributed by atoms with Crippen LogP contribution in [0, 0.1) is 0 Å². The average molecular weight is 486 g/mol. The highest BCUT2D eigenvalue weighted by Crippen LogP contribution is 2.38. The van der Waals surface area contributed by atoms with Crippen molar-refractivity contribution in [3.8, 4) is 11.5 Å². The number of ether oxygens (including phenoxy) is 2. The largest absolute Gasteiger partial charge is 0.497 e. The van der Waals surface area contributed by atoms with E-state index in [4.69, 9.17) is 31.1 Å². The van der Waals surface area contributed by atoms with Gasteiger partial charge < -0.3 is 14.8 Å². The highest BCUT2D eigenvalue weighted by Gasteiger charge is 2.37. The van der Waals surface area contributed by atoms with E-state index in [0.29, 0.717) is 22.2 Å². The molecule has 2 aromatic rings. The summed E-state index contributed by atoms with van der Waals surface area (Å²) in [7, 11) is 3.16. The highest BCUT2D eigenvalue weighted by molar-refractivity contribution is 8.16. The van der Waals surface area contributed by atoms with Crippen LogP contribution in [0.15, 0.2) is 52.4 Å². The summed E-state index contributed by atoms with van der Waals surface area (Å²) in [5.74, 6) is 1.33. The number of anilines is 1. The third-order valence-electron chi connectivity index (χ3n) is 5.83. The first-order valence-corrected chi connectivity index (χ1v) is 12.5. The third kappa shape index (κ3) is 5.89. The summed E-state index contributed by atoms with van der Waals surface area (Å²) < 4.78 is 10.6. The van der Waals surface area contributed by atoms with Crippen molar-refractivity contribution < 1.29 is 14.3 Å². The predicted octanol–water partition coefficient (Wildman–Crippen LogP) is 5.98. The van der Waals surface area contributed by atoms with Crippen LogP contribution in [0.4, 0.5) is 5.69 Å². The minimum Gasteiger partial charge on any atom is -0.497 e. The Bertz CT molecular complexity index is 1040. The first-order chi connectivity index (χ1) is 16.0. The Hall–Kier alpha value is -2.51. The SMILES string of the molecule is COc1cc(NC(=O)CSC2=NC3(CCCCCC3)N=C2c2ccc(Cl)cc2)cc(OC)c1. The Morgan fingerprint density at radius 1 is 1.00 bits per heavy atom. The minimum absolute atomic E-state index is 0.129. The van der Waals surface area contributed by atoms with Crippen LogP contribution in [-0.2, 0) is 4.79 Å². The van der Waals surface area contributed by atoms with Crippen molar-refractivity contribution >= 4 is 45.7 Å². The molecule has 0 unspecified atom stereocenters. The molecule has 0 aromatic heterocycles. The molecule has 174 valence electrons. The normalized spacial score (nSPS) is 17.2. The second-order valence-corrected chi connectivity index (χ2v) is 9.62. The summed E-state index contributed by atoms with van der Waals surface area (Å²) in [6.45, 7) is 0. The maximum Gasteiger partial charge on any atom is 0.234 e. The fourth-order valence-corrected chi connectivity index (χ4v) is 5.15. The maximum atomic E-state index is 12.8. The van der Waals surface area contributed by atoms with E-state index in [0.717, 1.165) is 42.0 Å². The molecule has 1 aliphatic carbocycles. The van der Waals surface area contributed by atoms with Crippen molar-refractivity contribution in [3.63, 3.8) is 0 Å². The van der Waals surface area contributed by atoms with Crippen molar-refractivity contribution in [2.45, 2.75) is 44.2 Å². The van der Waals surface area contributed by atoms with Crippen molar-refractivity contribution in [1.29, 1.82) is 0 Å². The van der Waals surface area contributed by atoms with Gasteiger partial charge in [0.2, 0.25) is 5.91 Å². The molecule has 1 aliphatic heterocycles. The molecule has 4 rings (SSSR count). The quantitative estimate of drug-likeness (QED) is 0.546. The summed E-state index contributed by atoms with van der Waals surface area (Å²) in [5.41, 5.74) is 2.06. The molecule has 1 heterocycles. The third-order valence-corrected chi connectivity index (χ3v) is 7.05. The number of rotatable bonds is 6. The van der Waals surface area contributed by atoms with E-state index in [1.165, 1.54) is 24.6 Å². The van der Waals surface area contributed by atoms with Crippen molar-refractivity contribution in [2.75, 3.05) is 25.3 Å². The van der Waals surface area contributed by atoms with Gasteiger partial charge in [0.05, 0.1) is 25.7 Å². The number of nitrogens with one attached hydrogen (secondary N) is 1. The van der Waals surface area contributed by atoms with Crippen LogP contribution in [-0.4, -0.2) is 42.3 Å². The predicted molar refractivity (Wildman–Crippen MR) is 136 cm³/mol. The van der Waals surface area contributed by atoms with Gasteiger partial charge in [-0.2, -0.15) is 0 Å². The monoisotopic (exact) mass is 485 g/mol. The fraction of sp³-hybridized carbons (Fsp3) is 0.400. The molecule has 0 saturated heterocycles. The Kier molecular flexibility index (Phi) is 7.60. The Labute approximate surface area is 203 Å². The molecule has 1 amide bonds. The van der Waals surface area contributed by atoms with Gasteiger partial charge in [0.15, 0.2) is 5.66 Å². The molecule has 6 nitrogen and oxygen atoms in total. The maximum absolute atomic E-state index is 12.8. The number of carbonyl (C=O) groups excluding carboxylic acids is 1. The van der Waals surface area contributed by atoms with Gasteiger partial charge in [-0.25, -0.2) is 4.99 Å². The van der Waals surface area contributed by atoms with Crippen molar-refractivity contribution in [3.05, 3.63) is 53.1 Å². The number of benzene rings is 2.